The van der Waals surface area contributed by atoms with Gasteiger partial charge in [0.2, 0.25) is 0 Å². The molecule has 3 heterocycles. The van der Waals surface area contributed by atoms with Crippen LogP contribution in [0.25, 0.3) is 53.8 Å². The fraction of sp³-hybridized carbons (Fsp3) is 0.174. The average molecular weight is 881 g/mol. The van der Waals surface area contributed by atoms with Gasteiger partial charge < -0.3 is 9.13 Å². The van der Waals surface area contributed by atoms with Crippen LogP contribution in [0.2, 0.25) is 19.6 Å². The molecule has 0 fully saturated rings. The van der Waals surface area contributed by atoms with Crippen molar-refractivity contribution >= 4 is 44.8 Å². The van der Waals surface area contributed by atoms with Gasteiger partial charge in [0.05, 0.1) is 31.9 Å². The van der Waals surface area contributed by atoms with Gasteiger partial charge in [0.15, 0.2) is 0 Å². The van der Waals surface area contributed by atoms with Crippen LogP contribution in [0.1, 0.15) is 47.6 Å². The van der Waals surface area contributed by atoms with Gasteiger partial charge in [0.25, 0.3) is 0 Å². The van der Waals surface area contributed by atoms with Gasteiger partial charge >= 0.3 is 0 Å². The summed E-state index contributed by atoms with van der Waals surface area (Å²) in [7, 11) is 7.04. The van der Waals surface area contributed by atoms with E-state index >= 15 is 0 Å². The minimum Gasteiger partial charge on any atom is -0.343 e. The predicted octanol–water partition coefficient (Wildman–Crippen LogP) is 11.2. The summed E-state index contributed by atoms with van der Waals surface area (Å²) in [6.07, 6.45) is 4.27. The van der Waals surface area contributed by atoms with Gasteiger partial charge in [-0.2, -0.15) is 37.1 Å². The third-order valence-corrected chi connectivity index (χ3v) is 12.7. The zero-order valence-electron chi connectivity index (χ0n) is 30.9. The molecule has 0 aliphatic carbocycles. The number of benzene rings is 4. The Hall–Kier alpha value is -4.25. The molecule has 0 aliphatic heterocycles. The standard InChI is InChI=1S/C26H20NS.C20H28NSi.Ir/c1-17-13-14-27(3)23(15-17)25-18(2)9-11-22-21-12-10-20(16-24(21)28-26(22)25)19-7-5-4-6-8-19;1-14(2)17-12-19(18-11-15(3)9-10-16(18)4)21(5)13-20(17)22(6,7)8;/h4-16H,2-3H2,1H3;9-14H,4-5H2,1-3,6-8H3;/q2*-1;. The summed E-state index contributed by atoms with van der Waals surface area (Å²) in [4.78, 5) is 0. The number of hydrogen-bond acceptors (Lipinski definition) is 1. The Morgan fingerprint density at radius 1 is 0.667 bits per heavy atom. The first-order valence-electron chi connectivity index (χ1n) is 17.3. The number of thiophene rings is 1. The molecule has 0 atom stereocenters. The summed E-state index contributed by atoms with van der Waals surface area (Å²) in [6, 6.07) is 34.6. The van der Waals surface area contributed by atoms with Gasteiger partial charge in [-0.25, -0.2) is 0 Å². The zero-order chi connectivity index (χ0) is 35.9. The van der Waals surface area contributed by atoms with Crippen molar-refractivity contribution in [3.8, 4) is 33.6 Å². The second-order valence-corrected chi connectivity index (χ2v) is 20.9. The number of fused-ring (bicyclic) bond motifs is 3. The molecule has 7 rings (SSSR count). The third kappa shape index (κ3) is 7.83. The minimum absolute atomic E-state index is 0. The summed E-state index contributed by atoms with van der Waals surface area (Å²) >= 11 is 1.84. The van der Waals surface area contributed by atoms with Gasteiger partial charge in [-0.05, 0) is 57.6 Å². The fourth-order valence-corrected chi connectivity index (χ4v) is 9.78. The first-order valence-corrected chi connectivity index (χ1v) is 21.6. The average Bonchev–Trinajstić information content (AvgIpc) is 3.45. The number of rotatable bonds is 5. The van der Waals surface area contributed by atoms with E-state index in [0.717, 1.165) is 22.5 Å². The van der Waals surface area contributed by atoms with Crippen molar-refractivity contribution in [1.29, 1.82) is 0 Å². The maximum atomic E-state index is 4.32. The van der Waals surface area contributed by atoms with Crippen LogP contribution in [0, 0.1) is 41.8 Å². The maximum Gasteiger partial charge on any atom is 0.0709 e. The van der Waals surface area contributed by atoms with Crippen molar-refractivity contribution in [2.75, 3.05) is 0 Å². The van der Waals surface area contributed by atoms with Crippen LogP contribution in [-0.2, 0) is 20.1 Å². The summed E-state index contributed by atoms with van der Waals surface area (Å²) < 4.78 is 6.54. The number of nitrogens with zero attached hydrogens (tertiary/aromatic N) is 2. The first-order chi connectivity index (χ1) is 23.7. The van der Waals surface area contributed by atoms with Crippen LogP contribution in [-0.4, -0.2) is 8.07 Å². The predicted molar refractivity (Wildman–Crippen MR) is 219 cm³/mol. The number of pyridine rings is 2. The zero-order valence-corrected chi connectivity index (χ0v) is 35.1. The molecule has 0 N–H and O–H groups in total. The van der Waals surface area contributed by atoms with E-state index in [1.54, 1.807) is 0 Å². The Balaban J connectivity index is 0.000000200. The van der Waals surface area contributed by atoms with E-state index in [1.165, 1.54) is 64.3 Å². The summed E-state index contributed by atoms with van der Waals surface area (Å²) in [6.45, 7) is 24.5. The SMILES string of the molecule is [CH2-]c1ccc(C)cc1-c1cc(C(C)C)c([Si](C)(C)C)c[n+]1[CH2-].[CH2-]c1ccc2c(sc3cc(-c4ccccc4)ccc32)c1-c1cc(C)cc[n+]1[CH2-].[Ir]. The molecule has 0 saturated carbocycles. The topological polar surface area (TPSA) is 7.76 Å². The number of aryl methyl sites for hydroxylation is 2. The third-order valence-electron chi connectivity index (χ3n) is 9.45. The maximum absolute atomic E-state index is 4.32. The minimum atomic E-state index is -1.40. The van der Waals surface area contributed by atoms with Crippen molar-refractivity contribution in [3.05, 3.63) is 165 Å². The number of aromatic nitrogens is 2. The van der Waals surface area contributed by atoms with Gasteiger partial charge in [-0.1, -0.05) is 116 Å². The molecular weight excluding hydrogens is 833 g/mol. The monoisotopic (exact) mass is 881 g/mol. The van der Waals surface area contributed by atoms with Gasteiger partial charge in [-0.15, -0.1) is 35.1 Å². The molecular formula is C46H48IrN2SSi-2. The fourth-order valence-electron chi connectivity index (χ4n) is 6.70. The second kappa shape index (κ2) is 15.2. The molecule has 7 aromatic rings. The Bertz CT molecular complexity index is 2350. The molecule has 0 unspecified atom stereocenters. The van der Waals surface area contributed by atoms with E-state index in [4.69, 9.17) is 0 Å². The van der Waals surface area contributed by atoms with E-state index in [0.29, 0.717) is 5.92 Å². The molecule has 263 valence electrons. The second-order valence-electron chi connectivity index (χ2n) is 14.8. The van der Waals surface area contributed by atoms with Gasteiger partial charge in [0.1, 0.15) is 0 Å². The van der Waals surface area contributed by atoms with Crippen molar-refractivity contribution in [2.24, 2.45) is 0 Å². The molecule has 4 aromatic carbocycles. The molecule has 0 aliphatic rings. The molecule has 0 amide bonds. The smallest absolute Gasteiger partial charge is 0.0709 e. The Morgan fingerprint density at radius 3 is 2.02 bits per heavy atom. The van der Waals surface area contributed by atoms with E-state index < -0.39 is 8.07 Å². The van der Waals surface area contributed by atoms with E-state index in [2.05, 4.69) is 179 Å². The molecule has 0 spiro atoms. The van der Waals surface area contributed by atoms with E-state index in [9.17, 15) is 0 Å². The van der Waals surface area contributed by atoms with Crippen molar-refractivity contribution in [3.63, 3.8) is 0 Å². The summed E-state index contributed by atoms with van der Waals surface area (Å²) in [5, 5.41) is 4.08. The van der Waals surface area contributed by atoms with Crippen molar-refractivity contribution < 1.29 is 29.2 Å². The molecule has 0 saturated heterocycles. The molecule has 1 radical (unpaired) electrons. The molecule has 3 aromatic heterocycles. The van der Waals surface area contributed by atoms with Crippen LogP contribution >= 0.6 is 11.3 Å². The van der Waals surface area contributed by atoms with E-state index in [1.807, 2.05) is 26.7 Å². The van der Waals surface area contributed by atoms with Crippen LogP contribution < -0.4 is 14.3 Å². The molecule has 5 heteroatoms. The Kier molecular flexibility index (Phi) is 11.3. The molecule has 2 nitrogen and oxygen atoms in total. The summed E-state index contributed by atoms with van der Waals surface area (Å²) in [5.41, 5.74) is 13.1. The van der Waals surface area contributed by atoms with Gasteiger partial charge in [0, 0.05) is 38.9 Å². The van der Waals surface area contributed by atoms with Crippen LogP contribution in [0.15, 0.2) is 109 Å². The normalized spacial score (nSPS) is 11.4. The van der Waals surface area contributed by atoms with Crippen LogP contribution in [0.3, 0.4) is 0 Å². The van der Waals surface area contributed by atoms with Gasteiger partial charge in [-0.3, -0.25) is 0 Å². The largest absolute Gasteiger partial charge is 0.343 e. The first kappa shape index (κ1) is 38.0. The molecule has 0 bridgehead atoms. The number of hydrogen-bond donors (Lipinski definition) is 0. The Morgan fingerprint density at radius 2 is 1.33 bits per heavy atom. The molecule has 51 heavy (non-hydrogen) atoms. The van der Waals surface area contributed by atoms with Crippen LogP contribution in [0.4, 0.5) is 0 Å². The van der Waals surface area contributed by atoms with Crippen molar-refractivity contribution in [1.82, 2.24) is 0 Å². The van der Waals surface area contributed by atoms with Crippen molar-refractivity contribution in [2.45, 2.75) is 53.3 Å². The quantitative estimate of drug-likeness (QED) is 0.0925. The Labute approximate surface area is 324 Å². The van der Waals surface area contributed by atoms with Crippen LogP contribution in [0.5, 0.6) is 0 Å². The van der Waals surface area contributed by atoms with E-state index in [-0.39, 0.29) is 20.1 Å². The summed E-state index contributed by atoms with van der Waals surface area (Å²) in [5.74, 6) is 0.514.